The number of rotatable bonds is 5. The molecule has 1 amide bonds. The van der Waals surface area contributed by atoms with Crippen molar-refractivity contribution in [2.75, 3.05) is 32.2 Å². The second-order valence-corrected chi connectivity index (χ2v) is 4.97. The van der Waals surface area contributed by atoms with Gasteiger partial charge in [-0.25, -0.2) is 0 Å². The summed E-state index contributed by atoms with van der Waals surface area (Å²) >= 11 is 1.91. The Kier molecular flexibility index (Phi) is 5.42. The van der Waals surface area contributed by atoms with Crippen LogP contribution in [0.1, 0.15) is 12.8 Å². The number of methoxy groups -OCH3 is 1. The van der Waals surface area contributed by atoms with Gasteiger partial charge in [0.2, 0.25) is 5.91 Å². The lowest BCUT2D eigenvalue weighted by Crippen LogP contribution is -2.40. The van der Waals surface area contributed by atoms with Crippen molar-refractivity contribution in [3.63, 3.8) is 0 Å². The molecule has 0 aromatic heterocycles. The van der Waals surface area contributed by atoms with E-state index in [-0.39, 0.29) is 12.0 Å². The number of carbonyl (C=O) groups excluding carboxylic acids is 1. The van der Waals surface area contributed by atoms with Crippen LogP contribution in [0.2, 0.25) is 0 Å². The van der Waals surface area contributed by atoms with Crippen molar-refractivity contribution in [1.82, 2.24) is 4.90 Å². The van der Waals surface area contributed by atoms with Gasteiger partial charge < -0.3 is 15.4 Å². The summed E-state index contributed by atoms with van der Waals surface area (Å²) in [6.07, 6.45) is 1.35. The fourth-order valence-electron chi connectivity index (χ4n) is 1.63. The Morgan fingerprint density at radius 2 is 2.47 bits per heavy atom. The number of ether oxygens (including phenoxy) is 1. The van der Waals surface area contributed by atoms with E-state index in [4.69, 9.17) is 10.5 Å². The third-order valence-corrected chi connectivity index (χ3v) is 3.99. The molecule has 1 saturated heterocycles. The molecule has 1 aliphatic rings. The molecule has 0 saturated carbocycles. The van der Waals surface area contributed by atoms with Crippen LogP contribution in [0.4, 0.5) is 0 Å². The Hall–Kier alpha value is -0.260. The Morgan fingerprint density at radius 1 is 1.73 bits per heavy atom. The van der Waals surface area contributed by atoms with Gasteiger partial charge in [0.15, 0.2) is 0 Å². The van der Waals surface area contributed by atoms with Crippen LogP contribution < -0.4 is 5.73 Å². The van der Waals surface area contributed by atoms with Gasteiger partial charge in [0.05, 0.1) is 12.5 Å². The minimum Gasteiger partial charge on any atom is -0.380 e. The molecule has 0 aromatic rings. The maximum absolute atomic E-state index is 11.8. The van der Waals surface area contributed by atoms with E-state index in [1.165, 1.54) is 0 Å². The van der Waals surface area contributed by atoms with Gasteiger partial charge >= 0.3 is 0 Å². The van der Waals surface area contributed by atoms with Crippen molar-refractivity contribution in [3.05, 3.63) is 0 Å². The van der Waals surface area contributed by atoms with E-state index < -0.39 is 0 Å². The molecule has 88 valence electrons. The standard InChI is InChI=1S/C10H20N2O2S/c1-12(8-3-4-15-7-8)10(13)5-9(6-11)14-2/h8-9H,3-7,11H2,1-2H3. The third-order valence-electron chi connectivity index (χ3n) is 2.85. The predicted molar refractivity (Wildman–Crippen MR) is 63.0 cm³/mol. The first-order valence-corrected chi connectivity index (χ1v) is 6.40. The van der Waals surface area contributed by atoms with Gasteiger partial charge in [-0.15, -0.1) is 0 Å². The first kappa shape index (κ1) is 12.8. The van der Waals surface area contributed by atoms with Gasteiger partial charge in [0.25, 0.3) is 0 Å². The molecule has 15 heavy (non-hydrogen) atoms. The fraction of sp³-hybridized carbons (Fsp3) is 0.900. The van der Waals surface area contributed by atoms with Crippen LogP contribution in [0.3, 0.4) is 0 Å². The minimum atomic E-state index is -0.144. The lowest BCUT2D eigenvalue weighted by molar-refractivity contribution is -0.133. The fourth-order valence-corrected chi connectivity index (χ4v) is 2.90. The van der Waals surface area contributed by atoms with E-state index in [0.29, 0.717) is 19.0 Å². The van der Waals surface area contributed by atoms with Crippen LogP contribution in [0.15, 0.2) is 0 Å². The van der Waals surface area contributed by atoms with Gasteiger partial charge in [-0.3, -0.25) is 4.79 Å². The van der Waals surface area contributed by atoms with E-state index in [2.05, 4.69) is 0 Å². The zero-order valence-electron chi connectivity index (χ0n) is 9.44. The molecule has 2 atom stereocenters. The van der Waals surface area contributed by atoms with Crippen molar-refractivity contribution in [2.45, 2.75) is 25.0 Å². The van der Waals surface area contributed by atoms with Crippen molar-refractivity contribution in [2.24, 2.45) is 5.73 Å². The van der Waals surface area contributed by atoms with Crippen LogP contribution in [0.5, 0.6) is 0 Å². The maximum atomic E-state index is 11.8. The van der Waals surface area contributed by atoms with Crippen molar-refractivity contribution in [3.8, 4) is 0 Å². The quantitative estimate of drug-likeness (QED) is 0.741. The molecule has 1 aliphatic heterocycles. The summed E-state index contributed by atoms with van der Waals surface area (Å²) in [6, 6.07) is 0.401. The molecule has 2 N–H and O–H groups in total. The zero-order valence-corrected chi connectivity index (χ0v) is 10.3. The van der Waals surface area contributed by atoms with Crippen LogP contribution in [-0.4, -0.2) is 55.2 Å². The van der Waals surface area contributed by atoms with Crippen molar-refractivity contribution >= 4 is 17.7 Å². The van der Waals surface area contributed by atoms with Gasteiger partial charge in [0.1, 0.15) is 0 Å². The SMILES string of the molecule is COC(CN)CC(=O)N(C)C1CCSC1. The number of thioether (sulfide) groups is 1. The molecule has 5 heteroatoms. The van der Waals surface area contributed by atoms with Crippen molar-refractivity contribution in [1.29, 1.82) is 0 Å². The zero-order chi connectivity index (χ0) is 11.3. The minimum absolute atomic E-state index is 0.139. The second-order valence-electron chi connectivity index (χ2n) is 3.82. The first-order valence-electron chi connectivity index (χ1n) is 5.25. The lowest BCUT2D eigenvalue weighted by atomic mass is 10.2. The molecular weight excluding hydrogens is 212 g/mol. The average molecular weight is 232 g/mol. The molecule has 2 unspecified atom stereocenters. The molecule has 0 spiro atoms. The molecule has 0 aromatic carbocycles. The predicted octanol–water partition coefficient (Wildman–Crippen LogP) is 0.314. The van der Waals surface area contributed by atoms with Gasteiger partial charge in [-0.1, -0.05) is 0 Å². The second kappa shape index (κ2) is 6.35. The largest absolute Gasteiger partial charge is 0.380 e. The van der Waals surface area contributed by atoms with E-state index >= 15 is 0 Å². The summed E-state index contributed by atoms with van der Waals surface area (Å²) in [5.41, 5.74) is 5.49. The highest BCUT2D eigenvalue weighted by molar-refractivity contribution is 7.99. The number of hydrogen-bond donors (Lipinski definition) is 1. The molecular formula is C10H20N2O2S. The van der Waals surface area contributed by atoms with Gasteiger partial charge in [0, 0.05) is 32.5 Å². The highest BCUT2D eigenvalue weighted by Gasteiger charge is 2.25. The average Bonchev–Trinajstić information content (AvgIpc) is 2.77. The summed E-state index contributed by atoms with van der Waals surface area (Å²) < 4.78 is 5.11. The highest BCUT2D eigenvalue weighted by Crippen LogP contribution is 2.21. The topological polar surface area (TPSA) is 55.6 Å². The van der Waals surface area contributed by atoms with Crippen LogP contribution in [-0.2, 0) is 9.53 Å². The number of nitrogens with two attached hydrogens (primary N) is 1. The van der Waals surface area contributed by atoms with Crippen LogP contribution in [0.25, 0.3) is 0 Å². The van der Waals surface area contributed by atoms with Gasteiger partial charge in [-0.2, -0.15) is 11.8 Å². The number of hydrogen-bond acceptors (Lipinski definition) is 4. The summed E-state index contributed by atoms with van der Waals surface area (Å²) in [5, 5.41) is 0. The highest BCUT2D eigenvalue weighted by atomic mass is 32.2. The number of nitrogens with zero attached hydrogens (tertiary/aromatic N) is 1. The molecule has 1 heterocycles. The van der Waals surface area contributed by atoms with Gasteiger partial charge in [-0.05, 0) is 12.2 Å². The number of amides is 1. The Bertz CT molecular complexity index is 204. The normalized spacial score (nSPS) is 22.7. The maximum Gasteiger partial charge on any atom is 0.225 e. The van der Waals surface area contributed by atoms with E-state index in [1.807, 2.05) is 23.7 Å². The lowest BCUT2D eigenvalue weighted by Gasteiger charge is -2.25. The summed E-state index contributed by atoms with van der Waals surface area (Å²) in [5.74, 6) is 2.36. The monoisotopic (exact) mass is 232 g/mol. The summed E-state index contributed by atoms with van der Waals surface area (Å²) in [6.45, 7) is 0.398. The number of carbonyl (C=O) groups is 1. The Labute approximate surface area is 95.5 Å². The van der Waals surface area contributed by atoms with Crippen LogP contribution in [0, 0.1) is 0 Å². The van der Waals surface area contributed by atoms with E-state index in [1.54, 1.807) is 7.11 Å². The first-order chi connectivity index (χ1) is 7.19. The molecule has 0 bridgehead atoms. The van der Waals surface area contributed by atoms with Crippen LogP contribution >= 0.6 is 11.8 Å². The third kappa shape index (κ3) is 3.66. The molecule has 1 rings (SSSR count). The summed E-state index contributed by atoms with van der Waals surface area (Å²) in [4.78, 5) is 13.7. The van der Waals surface area contributed by atoms with E-state index in [0.717, 1.165) is 17.9 Å². The molecule has 0 aliphatic carbocycles. The summed E-state index contributed by atoms with van der Waals surface area (Å²) in [7, 11) is 3.47. The van der Waals surface area contributed by atoms with E-state index in [9.17, 15) is 4.79 Å². The molecule has 4 nitrogen and oxygen atoms in total. The molecule has 1 fully saturated rings. The Balaban J connectivity index is 2.37. The smallest absolute Gasteiger partial charge is 0.225 e. The van der Waals surface area contributed by atoms with Crippen molar-refractivity contribution < 1.29 is 9.53 Å². The Morgan fingerprint density at radius 3 is 2.93 bits per heavy atom. The molecule has 0 radical (unpaired) electrons.